The molecule has 2 rings (SSSR count). The number of nitrogens with two attached hydrogens (primary N) is 1. The number of anilines is 1. The second-order valence-electron chi connectivity index (χ2n) is 2.64. The van der Waals surface area contributed by atoms with Crippen LogP contribution in [0, 0.1) is 0 Å². The van der Waals surface area contributed by atoms with Gasteiger partial charge in [0.1, 0.15) is 5.69 Å². The molecule has 0 bridgehead atoms. The van der Waals surface area contributed by atoms with Crippen molar-refractivity contribution in [2.24, 2.45) is 5.73 Å². The number of rotatable bonds is 3. The van der Waals surface area contributed by atoms with Crippen LogP contribution in [0.15, 0.2) is 24.3 Å². The molecule has 0 spiro atoms. The summed E-state index contributed by atoms with van der Waals surface area (Å²) in [7, 11) is 0. The van der Waals surface area contributed by atoms with Crippen molar-refractivity contribution in [3.63, 3.8) is 0 Å². The van der Waals surface area contributed by atoms with Crippen LogP contribution in [0.3, 0.4) is 0 Å². The second kappa shape index (κ2) is 3.97. The van der Waals surface area contributed by atoms with E-state index in [2.05, 4.69) is 0 Å². The van der Waals surface area contributed by atoms with Crippen LogP contribution in [0.5, 0.6) is 0 Å². The summed E-state index contributed by atoms with van der Waals surface area (Å²) in [4.78, 5) is 0. The van der Waals surface area contributed by atoms with Crippen molar-refractivity contribution in [1.82, 2.24) is 0 Å². The minimum atomic E-state index is 0.623. The Hall–Kier alpha value is -0.750. The quantitative estimate of drug-likeness (QED) is 0.744. The van der Waals surface area contributed by atoms with E-state index in [0.29, 0.717) is 6.54 Å². The van der Waals surface area contributed by atoms with E-state index in [4.69, 9.17) is 14.3 Å². The average Bonchev–Trinajstić information content (AvgIpc) is 2.05. The van der Waals surface area contributed by atoms with Crippen LogP contribution in [0.4, 0.5) is 5.69 Å². The molecule has 2 N–H and O–H groups in total. The van der Waals surface area contributed by atoms with Crippen molar-refractivity contribution >= 4 is 18.0 Å². The summed E-state index contributed by atoms with van der Waals surface area (Å²) in [5.74, 6) is 0. The maximum Gasteiger partial charge on any atom is 0.217 e. The van der Waals surface area contributed by atoms with Crippen molar-refractivity contribution in [3.8, 4) is 0 Å². The first-order valence-corrected chi connectivity index (χ1v) is 4.68. The van der Waals surface area contributed by atoms with Crippen LogP contribution < -0.4 is 11.0 Å². The van der Waals surface area contributed by atoms with Gasteiger partial charge in [-0.3, -0.25) is 0 Å². The molecule has 0 radical (unpaired) electrons. The zero-order chi connectivity index (χ0) is 9.10. The lowest BCUT2D eigenvalue weighted by Gasteiger charge is -2.27. The molecule has 0 amide bonds. The first kappa shape index (κ1) is 8.83. The number of para-hydroxylation sites is 1. The van der Waals surface area contributed by atoms with Crippen LogP contribution in [-0.2, 0) is 15.0 Å². The predicted octanol–water partition coefficient (Wildman–Crippen LogP) is 1.43. The Morgan fingerprint density at radius 2 is 2.08 bits per heavy atom. The highest BCUT2D eigenvalue weighted by molar-refractivity contribution is 7.90. The molecule has 1 aromatic carbocycles. The molecule has 5 heteroatoms. The minimum Gasteiger partial charge on any atom is -0.330 e. The molecule has 13 heavy (non-hydrogen) atoms. The van der Waals surface area contributed by atoms with Gasteiger partial charge in [-0.05, 0) is 24.6 Å². The van der Waals surface area contributed by atoms with E-state index in [1.807, 2.05) is 24.3 Å². The third-order valence-corrected chi connectivity index (χ3v) is 2.19. The maximum atomic E-state index is 5.48. The van der Waals surface area contributed by atoms with Crippen LogP contribution in [0.25, 0.3) is 0 Å². The Morgan fingerprint density at radius 3 is 2.69 bits per heavy atom. The van der Waals surface area contributed by atoms with Crippen molar-refractivity contribution in [3.05, 3.63) is 29.8 Å². The molecule has 70 valence electrons. The van der Waals surface area contributed by atoms with Crippen molar-refractivity contribution in [2.75, 3.05) is 11.8 Å². The lowest BCUT2D eigenvalue weighted by atomic mass is 10.1. The van der Waals surface area contributed by atoms with Gasteiger partial charge in [-0.1, -0.05) is 23.4 Å². The summed E-state index contributed by atoms with van der Waals surface area (Å²) in [5.41, 5.74) is 7.54. The van der Waals surface area contributed by atoms with E-state index in [9.17, 15) is 0 Å². The lowest BCUT2D eigenvalue weighted by molar-refractivity contribution is 0.0264. The van der Waals surface area contributed by atoms with Crippen molar-refractivity contribution in [1.29, 1.82) is 0 Å². The first-order valence-electron chi connectivity index (χ1n) is 4.01. The van der Waals surface area contributed by atoms with Gasteiger partial charge in [0, 0.05) is 0 Å². The SMILES string of the molecule is NCCc1ccccc1N1OSO1. The fourth-order valence-electron chi connectivity index (χ4n) is 1.20. The van der Waals surface area contributed by atoms with Gasteiger partial charge in [0.05, 0.1) is 0 Å². The highest BCUT2D eigenvalue weighted by Gasteiger charge is 2.22. The van der Waals surface area contributed by atoms with Crippen molar-refractivity contribution in [2.45, 2.75) is 6.42 Å². The van der Waals surface area contributed by atoms with Crippen LogP contribution in [0.2, 0.25) is 0 Å². The van der Waals surface area contributed by atoms with Gasteiger partial charge >= 0.3 is 0 Å². The molecule has 0 aromatic heterocycles. The van der Waals surface area contributed by atoms with Gasteiger partial charge in [0.2, 0.25) is 12.3 Å². The van der Waals surface area contributed by atoms with Crippen LogP contribution in [-0.4, -0.2) is 6.54 Å². The Balaban J connectivity index is 2.20. The van der Waals surface area contributed by atoms with Crippen LogP contribution >= 0.6 is 12.3 Å². The molecule has 0 aliphatic carbocycles. The highest BCUT2D eigenvalue weighted by atomic mass is 32.2. The Bertz CT molecular complexity index is 291. The molecular weight excluding hydrogens is 188 g/mol. The Morgan fingerprint density at radius 1 is 1.31 bits per heavy atom. The number of nitrogens with zero attached hydrogens (tertiary/aromatic N) is 1. The van der Waals surface area contributed by atoms with E-state index in [-0.39, 0.29) is 0 Å². The minimum absolute atomic E-state index is 0.623. The topological polar surface area (TPSA) is 47.7 Å². The van der Waals surface area contributed by atoms with E-state index in [1.165, 1.54) is 5.23 Å². The zero-order valence-electron chi connectivity index (χ0n) is 6.97. The second-order valence-corrected chi connectivity index (χ2v) is 3.08. The van der Waals surface area contributed by atoms with E-state index in [1.54, 1.807) is 0 Å². The standard InChI is InChI=1S/C8H10N2O2S/c9-6-5-7-3-1-2-4-8(7)10-11-13-12-10/h1-4H,5-6,9H2. The monoisotopic (exact) mass is 198 g/mol. The molecule has 1 fully saturated rings. The zero-order valence-corrected chi connectivity index (χ0v) is 7.79. The highest BCUT2D eigenvalue weighted by Crippen LogP contribution is 2.32. The molecule has 4 nitrogen and oxygen atoms in total. The summed E-state index contributed by atoms with van der Waals surface area (Å²) in [6.45, 7) is 0.623. The molecule has 0 atom stereocenters. The molecule has 1 aliphatic heterocycles. The van der Waals surface area contributed by atoms with Gasteiger partial charge in [-0.15, -0.1) is 8.57 Å². The molecule has 1 saturated heterocycles. The van der Waals surface area contributed by atoms with E-state index >= 15 is 0 Å². The number of hydrogen-bond acceptors (Lipinski definition) is 5. The van der Waals surface area contributed by atoms with Gasteiger partial charge in [0.15, 0.2) is 0 Å². The first-order chi connectivity index (χ1) is 6.42. The molecular formula is C8H10N2O2S. The summed E-state index contributed by atoms with van der Waals surface area (Å²) < 4.78 is 9.98. The fraction of sp³-hybridized carbons (Fsp3) is 0.250. The summed E-state index contributed by atoms with van der Waals surface area (Å²) in [5, 5.41) is 1.38. The predicted molar refractivity (Wildman–Crippen MR) is 51.4 cm³/mol. The van der Waals surface area contributed by atoms with E-state index in [0.717, 1.165) is 30.0 Å². The molecule has 1 aromatic rings. The largest absolute Gasteiger partial charge is 0.330 e. The number of hydrogen-bond donors (Lipinski definition) is 1. The van der Waals surface area contributed by atoms with Crippen LogP contribution in [0.1, 0.15) is 5.56 Å². The summed E-state index contributed by atoms with van der Waals surface area (Å²) in [6.07, 6.45) is 0.823. The Labute approximate surface area is 80.9 Å². The van der Waals surface area contributed by atoms with Gasteiger partial charge < -0.3 is 5.73 Å². The fourth-order valence-corrected chi connectivity index (χ4v) is 1.48. The van der Waals surface area contributed by atoms with E-state index < -0.39 is 0 Å². The summed E-state index contributed by atoms with van der Waals surface area (Å²) >= 11 is 0.961. The third kappa shape index (κ3) is 1.78. The number of benzene rings is 1. The third-order valence-electron chi connectivity index (χ3n) is 1.80. The van der Waals surface area contributed by atoms with Gasteiger partial charge in [-0.25, -0.2) is 0 Å². The van der Waals surface area contributed by atoms with Crippen molar-refractivity contribution < 1.29 is 8.57 Å². The molecule has 1 heterocycles. The van der Waals surface area contributed by atoms with Gasteiger partial charge in [0.25, 0.3) is 0 Å². The normalized spacial score (nSPS) is 15.6. The Kier molecular flexibility index (Phi) is 2.70. The molecule has 0 unspecified atom stereocenters. The summed E-state index contributed by atoms with van der Waals surface area (Å²) in [6, 6.07) is 7.86. The smallest absolute Gasteiger partial charge is 0.217 e. The lowest BCUT2D eigenvalue weighted by Crippen LogP contribution is -2.27. The van der Waals surface area contributed by atoms with Gasteiger partial charge in [-0.2, -0.15) is 0 Å². The molecule has 0 saturated carbocycles. The maximum absolute atomic E-state index is 5.48. The average molecular weight is 198 g/mol. The molecule has 1 aliphatic rings.